The molecule has 1 aromatic heterocycles. The number of anilines is 1. The van der Waals surface area contributed by atoms with Crippen molar-refractivity contribution in [3.05, 3.63) is 18.4 Å². The van der Waals surface area contributed by atoms with Gasteiger partial charge in [-0.1, -0.05) is 19.3 Å². The minimum Gasteiger partial charge on any atom is -0.449 e. The fourth-order valence-electron chi connectivity index (χ4n) is 2.12. The quantitative estimate of drug-likeness (QED) is 0.693. The van der Waals surface area contributed by atoms with E-state index < -0.39 is 0 Å². The average Bonchev–Trinajstić information content (AvgIpc) is 2.71. The third-order valence-electron chi connectivity index (χ3n) is 2.98. The zero-order chi connectivity index (χ0) is 9.10. The third kappa shape index (κ3) is 1.87. The molecule has 1 saturated carbocycles. The van der Waals surface area contributed by atoms with Crippen LogP contribution in [0.15, 0.2) is 22.8 Å². The highest BCUT2D eigenvalue weighted by Gasteiger charge is 2.19. The van der Waals surface area contributed by atoms with Crippen LogP contribution in [-0.2, 0) is 0 Å². The van der Waals surface area contributed by atoms with Gasteiger partial charge in [-0.05, 0) is 18.9 Å². The summed E-state index contributed by atoms with van der Waals surface area (Å²) in [5.41, 5.74) is 0. The van der Waals surface area contributed by atoms with E-state index in [9.17, 15) is 0 Å². The number of nitrogens with zero attached hydrogens (tertiary/aromatic N) is 1. The highest BCUT2D eigenvalue weighted by Crippen LogP contribution is 2.25. The van der Waals surface area contributed by atoms with Crippen LogP contribution in [0.2, 0.25) is 0 Å². The van der Waals surface area contributed by atoms with Gasteiger partial charge in [0.2, 0.25) is 0 Å². The van der Waals surface area contributed by atoms with E-state index in [-0.39, 0.29) is 0 Å². The van der Waals surface area contributed by atoms with E-state index in [0.717, 1.165) is 5.88 Å². The summed E-state index contributed by atoms with van der Waals surface area (Å²) in [6.45, 7) is 0. The van der Waals surface area contributed by atoms with E-state index in [2.05, 4.69) is 11.9 Å². The molecule has 0 aliphatic heterocycles. The van der Waals surface area contributed by atoms with Gasteiger partial charge in [0, 0.05) is 19.2 Å². The molecule has 0 bridgehead atoms. The summed E-state index contributed by atoms with van der Waals surface area (Å²) in [4.78, 5) is 2.28. The zero-order valence-corrected chi connectivity index (χ0v) is 8.20. The molecule has 1 aliphatic carbocycles. The first kappa shape index (κ1) is 8.67. The Morgan fingerprint density at radius 3 is 2.69 bits per heavy atom. The molecule has 2 nitrogen and oxygen atoms in total. The number of rotatable bonds is 2. The number of furan rings is 1. The van der Waals surface area contributed by atoms with Gasteiger partial charge in [0.25, 0.3) is 0 Å². The van der Waals surface area contributed by atoms with Crippen LogP contribution in [0.25, 0.3) is 0 Å². The van der Waals surface area contributed by atoms with E-state index in [1.807, 2.05) is 12.1 Å². The molecule has 0 amide bonds. The predicted molar refractivity (Wildman–Crippen MR) is 54.0 cm³/mol. The highest BCUT2D eigenvalue weighted by atomic mass is 16.3. The minimum absolute atomic E-state index is 0.694. The average molecular weight is 179 g/mol. The normalized spacial score (nSPS) is 18.8. The van der Waals surface area contributed by atoms with Crippen LogP contribution in [0.3, 0.4) is 0 Å². The lowest BCUT2D eigenvalue weighted by atomic mass is 9.94. The van der Waals surface area contributed by atoms with E-state index in [4.69, 9.17) is 4.42 Å². The first-order valence-corrected chi connectivity index (χ1v) is 5.14. The van der Waals surface area contributed by atoms with E-state index >= 15 is 0 Å². The van der Waals surface area contributed by atoms with E-state index in [0.29, 0.717) is 6.04 Å². The smallest absolute Gasteiger partial charge is 0.195 e. The van der Waals surface area contributed by atoms with E-state index in [1.54, 1.807) is 6.26 Å². The minimum atomic E-state index is 0.694. The molecular weight excluding hydrogens is 162 g/mol. The molecule has 0 N–H and O–H groups in total. The molecule has 1 fully saturated rings. The summed E-state index contributed by atoms with van der Waals surface area (Å²) in [5.74, 6) is 1.01. The van der Waals surface area contributed by atoms with Crippen LogP contribution in [0.4, 0.5) is 5.88 Å². The summed E-state index contributed by atoms with van der Waals surface area (Å²) in [5, 5.41) is 0. The lowest BCUT2D eigenvalue weighted by molar-refractivity contribution is 0.409. The Kier molecular flexibility index (Phi) is 2.57. The molecule has 0 unspecified atom stereocenters. The molecule has 72 valence electrons. The summed E-state index contributed by atoms with van der Waals surface area (Å²) < 4.78 is 5.37. The van der Waals surface area contributed by atoms with Crippen molar-refractivity contribution < 1.29 is 4.42 Å². The molecule has 0 saturated heterocycles. The van der Waals surface area contributed by atoms with Gasteiger partial charge in [-0.2, -0.15) is 0 Å². The number of hydrogen-bond acceptors (Lipinski definition) is 2. The van der Waals surface area contributed by atoms with Gasteiger partial charge < -0.3 is 9.32 Å². The van der Waals surface area contributed by atoms with Crippen molar-refractivity contribution in [3.8, 4) is 0 Å². The van der Waals surface area contributed by atoms with Crippen LogP contribution >= 0.6 is 0 Å². The fourth-order valence-corrected chi connectivity index (χ4v) is 2.12. The Bertz CT molecular complexity index is 237. The molecule has 2 rings (SSSR count). The summed E-state index contributed by atoms with van der Waals surface area (Å²) in [6, 6.07) is 4.68. The topological polar surface area (TPSA) is 16.4 Å². The SMILES string of the molecule is CN(c1ccco1)C1CCCCC1. The van der Waals surface area contributed by atoms with Gasteiger partial charge in [-0.25, -0.2) is 0 Å². The predicted octanol–water partition coefficient (Wildman–Crippen LogP) is 3.05. The van der Waals surface area contributed by atoms with Gasteiger partial charge in [0.15, 0.2) is 5.88 Å². The monoisotopic (exact) mass is 179 g/mol. The van der Waals surface area contributed by atoms with Gasteiger partial charge in [0.1, 0.15) is 0 Å². The van der Waals surface area contributed by atoms with Crippen molar-refractivity contribution in [3.63, 3.8) is 0 Å². The zero-order valence-electron chi connectivity index (χ0n) is 8.20. The first-order valence-electron chi connectivity index (χ1n) is 5.14. The van der Waals surface area contributed by atoms with E-state index in [1.165, 1.54) is 32.1 Å². The molecular formula is C11H17NO. The second-order valence-electron chi connectivity index (χ2n) is 3.85. The van der Waals surface area contributed by atoms with Crippen LogP contribution in [-0.4, -0.2) is 13.1 Å². The van der Waals surface area contributed by atoms with Crippen molar-refractivity contribution in [1.82, 2.24) is 0 Å². The molecule has 0 atom stereocenters. The van der Waals surface area contributed by atoms with Crippen LogP contribution in [0, 0.1) is 0 Å². The van der Waals surface area contributed by atoms with Crippen molar-refractivity contribution >= 4 is 5.88 Å². The van der Waals surface area contributed by atoms with Crippen LogP contribution in [0.1, 0.15) is 32.1 Å². The Balaban J connectivity index is 1.99. The number of hydrogen-bond donors (Lipinski definition) is 0. The second kappa shape index (κ2) is 3.86. The third-order valence-corrected chi connectivity index (χ3v) is 2.98. The van der Waals surface area contributed by atoms with Crippen molar-refractivity contribution in [2.45, 2.75) is 38.1 Å². The van der Waals surface area contributed by atoms with Crippen LogP contribution in [0.5, 0.6) is 0 Å². The molecule has 1 aromatic rings. The maximum atomic E-state index is 5.37. The Morgan fingerprint density at radius 1 is 1.31 bits per heavy atom. The first-order chi connectivity index (χ1) is 6.38. The molecule has 0 spiro atoms. The molecule has 0 aromatic carbocycles. The maximum Gasteiger partial charge on any atom is 0.195 e. The molecule has 0 radical (unpaired) electrons. The summed E-state index contributed by atoms with van der Waals surface area (Å²) >= 11 is 0. The largest absolute Gasteiger partial charge is 0.449 e. The molecule has 1 heterocycles. The highest BCUT2D eigenvalue weighted by molar-refractivity contribution is 5.34. The fraction of sp³-hybridized carbons (Fsp3) is 0.636. The Hall–Kier alpha value is -0.920. The van der Waals surface area contributed by atoms with Crippen molar-refractivity contribution in [2.24, 2.45) is 0 Å². The molecule has 13 heavy (non-hydrogen) atoms. The lowest BCUT2D eigenvalue weighted by Crippen LogP contribution is -2.32. The summed E-state index contributed by atoms with van der Waals surface area (Å²) in [7, 11) is 2.13. The van der Waals surface area contributed by atoms with Gasteiger partial charge in [-0.15, -0.1) is 0 Å². The molecule has 1 aliphatic rings. The molecule has 2 heteroatoms. The maximum absolute atomic E-state index is 5.37. The van der Waals surface area contributed by atoms with Crippen LogP contribution < -0.4 is 4.90 Å². The second-order valence-corrected chi connectivity index (χ2v) is 3.85. The van der Waals surface area contributed by atoms with Gasteiger partial charge >= 0.3 is 0 Å². The Labute approximate surface area is 79.5 Å². The van der Waals surface area contributed by atoms with Crippen molar-refractivity contribution in [1.29, 1.82) is 0 Å². The van der Waals surface area contributed by atoms with Crippen molar-refractivity contribution in [2.75, 3.05) is 11.9 Å². The lowest BCUT2D eigenvalue weighted by Gasteiger charge is -2.30. The van der Waals surface area contributed by atoms with Gasteiger partial charge in [0.05, 0.1) is 6.26 Å². The standard InChI is InChI=1S/C11H17NO/c1-12(11-8-5-9-13-11)10-6-3-2-4-7-10/h5,8-10H,2-4,6-7H2,1H3. The van der Waals surface area contributed by atoms with Gasteiger partial charge in [-0.3, -0.25) is 0 Å². The summed E-state index contributed by atoms with van der Waals surface area (Å²) in [6.07, 6.45) is 8.52. The Morgan fingerprint density at radius 2 is 2.08 bits per heavy atom.